The largest absolute Gasteiger partial charge is 0.457 e. The third kappa shape index (κ3) is 3.82. The highest BCUT2D eigenvalue weighted by molar-refractivity contribution is 5.94. The Morgan fingerprint density at radius 3 is 2.47 bits per heavy atom. The molecule has 5 rings (SSSR count). The highest BCUT2D eigenvalue weighted by Crippen LogP contribution is 2.43. The van der Waals surface area contributed by atoms with Crippen molar-refractivity contribution in [1.29, 1.82) is 0 Å². The van der Waals surface area contributed by atoms with Crippen LogP contribution in [0.4, 0.5) is 0 Å². The Labute approximate surface area is 189 Å². The lowest BCUT2D eigenvalue weighted by atomic mass is 9.71. The zero-order chi connectivity index (χ0) is 22.5. The van der Waals surface area contributed by atoms with E-state index in [1.54, 1.807) is 12.1 Å². The Morgan fingerprint density at radius 1 is 1.12 bits per heavy atom. The van der Waals surface area contributed by atoms with Crippen LogP contribution in [-0.2, 0) is 20.9 Å². The number of carbonyl (C=O) groups is 2. The van der Waals surface area contributed by atoms with Gasteiger partial charge in [0.1, 0.15) is 12.7 Å². The standard InChI is InChI=1S/C25H32N2O5/c1-16-18(3-4-19-20(16)15-31-24(19)30)22(28)14-26-9-5-25(6-10-26)7-11-27(12-8-25)21-13-23(29)32-17(21)2/h3-4,13,17,22,28H,5-12,14-15H2,1-2H3/t17?,22-/m0/s1. The van der Waals surface area contributed by atoms with Crippen LogP contribution in [0.15, 0.2) is 23.9 Å². The first-order valence-electron chi connectivity index (χ1n) is 11.7. The number of nitrogens with zero attached hydrogens (tertiary/aromatic N) is 2. The van der Waals surface area contributed by atoms with Gasteiger partial charge < -0.3 is 24.4 Å². The van der Waals surface area contributed by atoms with Crippen molar-refractivity contribution in [1.82, 2.24) is 9.80 Å². The van der Waals surface area contributed by atoms with Crippen LogP contribution in [0, 0.1) is 12.3 Å². The van der Waals surface area contributed by atoms with E-state index in [1.165, 1.54) is 0 Å². The molecule has 172 valence electrons. The van der Waals surface area contributed by atoms with Gasteiger partial charge in [-0.25, -0.2) is 9.59 Å². The van der Waals surface area contributed by atoms with Crippen molar-refractivity contribution < 1.29 is 24.2 Å². The van der Waals surface area contributed by atoms with Crippen LogP contribution in [-0.4, -0.2) is 65.7 Å². The van der Waals surface area contributed by atoms with E-state index < -0.39 is 6.10 Å². The van der Waals surface area contributed by atoms with Crippen LogP contribution < -0.4 is 0 Å². The molecule has 4 aliphatic heterocycles. The second-order valence-electron chi connectivity index (χ2n) is 9.83. The summed E-state index contributed by atoms with van der Waals surface area (Å²) in [4.78, 5) is 28.0. The zero-order valence-corrected chi connectivity index (χ0v) is 18.9. The van der Waals surface area contributed by atoms with Gasteiger partial charge in [-0.15, -0.1) is 0 Å². The number of esters is 2. The molecule has 7 nitrogen and oxygen atoms in total. The molecule has 4 aliphatic rings. The molecule has 7 heteroatoms. The van der Waals surface area contributed by atoms with Crippen molar-refractivity contribution in [3.63, 3.8) is 0 Å². The van der Waals surface area contributed by atoms with Crippen molar-refractivity contribution in [2.45, 2.75) is 58.3 Å². The van der Waals surface area contributed by atoms with Gasteiger partial charge >= 0.3 is 11.9 Å². The number of hydrogen-bond donors (Lipinski definition) is 1. The van der Waals surface area contributed by atoms with Crippen LogP contribution in [0.3, 0.4) is 0 Å². The molecule has 1 N–H and O–H groups in total. The van der Waals surface area contributed by atoms with Crippen LogP contribution in [0.5, 0.6) is 0 Å². The summed E-state index contributed by atoms with van der Waals surface area (Å²) in [7, 11) is 0. The van der Waals surface area contributed by atoms with E-state index in [9.17, 15) is 14.7 Å². The second kappa shape index (κ2) is 8.19. The average Bonchev–Trinajstić information content (AvgIpc) is 3.32. The third-order valence-corrected chi connectivity index (χ3v) is 8.08. The SMILES string of the molecule is Cc1c([C@@H](O)CN2CCC3(CC2)CCN(C2=CC(=O)OC2C)CC3)ccc2c1COC2=O. The minimum Gasteiger partial charge on any atom is -0.457 e. The van der Waals surface area contributed by atoms with Crippen molar-refractivity contribution in [3.8, 4) is 0 Å². The van der Waals surface area contributed by atoms with Crippen molar-refractivity contribution in [2.24, 2.45) is 5.41 Å². The fourth-order valence-corrected chi connectivity index (χ4v) is 5.88. The lowest BCUT2D eigenvalue weighted by Gasteiger charge is -2.48. The maximum Gasteiger partial charge on any atom is 0.338 e. The number of likely N-dealkylation sites (tertiary alicyclic amines) is 2. The normalized spacial score (nSPS) is 26.0. The van der Waals surface area contributed by atoms with Gasteiger partial charge in [-0.05, 0) is 75.2 Å². The maximum atomic E-state index is 11.8. The molecule has 4 heterocycles. The van der Waals surface area contributed by atoms with E-state index in [4.69, 9.17) is 9.47 Å². The number of fused-ring (bicyclic) bond motifs is 1. The minimum atomic E-state index is -0.569. The summed E-state index contributed by atoms with van der Waals surface area (Å²) in [5.74, 6) is -0.494. The van der Waals surface area contributed by atoms with E-state index in [2.05, 4.69) is 9.80 Å². The monoisotopic (exact) mass is 440 g/mol. The van der Waals surface area contributed by atoms with Crippen molar-refractivity contribution >= 4 is 11.9 Å². The second-order valence-corrected chi connectivity index (χ2v) is 9.83. The summed E-state index contributed by atoms with van der Waals surface area (Å²) in [6.07, 6.45) is 5.51. The Kier molecular flexibility index (Phi) is 5.50. The van der Waals surface area contributed by atoms with Gasteiger partial charge in [0.15, 0.2) is 0 Å². The first kappa shape index (κ1) is 21.5. The number of ether oxygens (including phenoxy) is 2. The molecule has 2 atom stereocenters. The van der Waals surface area contributed by atoms with E-state index >= 15 is 0 Å². The van der Waals surface area contributed by atoms with Gasteiger partial charge in [-0.3, -0.25) is 0 Å². The number of aliphatic hydroxyl groups excluding tert-OH is 1. The van der Waals surface area contributed by atoms with Gasteiger partial charge in [0.05, 0.1) is 17.4 Å². The molecule has 0 aliphatic carbocycles. The molecule has 2 fully saturated rings. The van der Waals surface area contributed by atoms with Crippen LogP contribution in [0.25, 0.3) is 0 Å². The molecule has 0 aromatic heterocycles. The molecule has 1 aromatic rings. The van der Waals surface area contributed by atoms with E-state index in [-0.39, 0.29) is 18.0 Å². The first-order chi connectivity index (χ1) is 15.3. The number of hydrogen-bond acceptors (Lipinski definition) is 7. The molecule has 1 unspecified atom stereocenters. The minimum absolute atomic E-state index is 0.132. The number of rotatable bonds is 4. The molecule has 0 amide bonds. The molecule has 0 saturated carbocycles. The maximum absolute atomic E-state index is 11.8. The number of benzene rings is 1. The predicted molar refractivity (Wildman–Crippen MR) is 118 cm³/mol. The highest BCUT2D eigenvalue weighted by atomic mass is 16.5. The Morgan fingerprint density at radius 2 is 1.81 bits per heavy atom. The van der Waals surface area contributed by atoms with Crippen LogP contribution in [0.1, 0.15) is 65.8 Å². The molecule has 0 bridgehead atoms. The first-order valence-corrected chi connectivity index (χ1v) is 11.7. The van der Waals surface area contributed by atoms with Crippen molar-refractivity contribution in [2.75, 3.05) is 32.7 Å². The number of carbonyl (C=O) groups excluding carboxylic acids is 2. The van der Waals surface area contributed by atoms with E-state index in [0.717, 1.165) is 74.2 Å². The number of cyclic esters (lactones) is 2. The Bertz CT molecular complexity index is 953. The number of aliphatic hydroxyl groups is 1. The topological polar surface area (TPSA) is 79.3 Å². The summed E-state index contributed by atoms with van der Waals surface area (Å²) in [6, 6.07) is 3.66. The molecule has 2 saturated heterocycles. The fourth-order valence-electron chi connectivity index (χ4n) is 5.88. The van der Waals surface area contributed by atoms with E-state index in [0.29, 0.717) is 24.1 Å². The van der Waals surface area contributed by atoms with Gasteiger partial charge in [0.2, 0.25) is 0 Å². The smallest absolute Gasteiger partial charge is 0.338 e. The average molecular weight is 441 g/mol. The molecule has 0 radical (unpaired) electrons. The molecule has 32 heavy (non-hydrogen) atoms. The summed E-state index contributed by atoms with van der Waals surface area (Å²) in [5.41, 5.74) is 4.80. The van der Waals surface area contributed by atoms with Crippen LogP contribution >= 0.6 is 0 Å². The Hall–Kier alpha value is -2.38. The lowest BCUT2D eigenvalue weighted by Crippen LogP contribution is -2.47. The van der Waals surface area contributed by atoms with Gasteiger partial charge in [-0.1, -0.05) is 6.07 Å². The van der Waals surface area contributed by atoms with Gasteiger partial charge in [0, 0.05) is 31.3 Å². The number of β-amino-alcohol motifs (C(OH)–C–C–N with tert-alkyl or cyclic N) is 1. The summed E-state index contributed by atoms with van der Waals surface area (Å²) in [6.45, 7) is 8.76. The molecule has 1 aromatic carbocycles. The quantitative estimate of drug-likeness (QED) is 0.721. The third-order valence-electron chi connectivity index (χ3n) is 8.08. The van der Waals surface area contributed by atoms with Gasteiger partial charge in [-0.2, -0.15) is 0 Å². The highest BCUT2D eigenvalue weighted by Gasteiger charge is 2.40. The molecular weight excluding hydrogens is 408 g/mol. The Balaban J connectivity index is 1.15. The fraction of sp³-hybridized carbons (Fsp3) is 0.600. The predicted octanol–water partition coefficient (Wildman–Crippen LogP) is 2.71. The van der Waals surface area contributed by atoms with E-state index in [1.807, 2.05) is 19.9 Å². The zero-order valence-electron chi connectivity index (χ0n) is 18.9. The summed E-state index contributed by atoms with van der Waals surface area (Å²) in [5, 5.41) is 10.9. The summed E-state index contributed by atoms with van der Waals surface area (Å²) < 4.78 is 10.4. The van der Waals surface area contributed by atoms with Crippen LogP contribution in [0.2, 0.25) is 0 Å². The summed E-state index contributed by atoms with van der Waals surface area (Å²) >= 11 is 0. The molecular formula is C25H32N2O5. The van der Waals surface area contributed by atoms with Crippen molar-refractivity contribution in [3.05, 3.63) is 46.2 Å². The number of piperidine rings is 2. The molecule has 1 spiro atoms. The van der Waals surface area contributed by atoms with Gasteiger partial charge in [0.25, 0.3) is 0 Å². The lowest BCUT2D eigenvalue weighted by molar-refractivity contribution is -0.138.